The summed E-state index contributed by atoms with van der Waals surface area (Å²) in [5.74, 6) is 0.255. The van der Waals surface area contributed by atoms with Gasteiger partial charge in [-0.3, -0.25) is 14.9 Å². The molecule has 0 spiro atoms. The van der Waals surface area contributed by atoms with Gasteiger partial charge in [-0.25, -0.2) is 4.98 Å². The molecule has 3 aliphatic carbocycles. The van der Waals surface area contributed by atoms with Gasteiger partial charge >= 0.3 is 0 Å². The van der Waals surface area contributed by atoms with Crippen molar-refractivity contribution in [3.8, 4) is 5.75 Å². The van der Waals surface area contributed by atoms with Crippen LogP contribution in [-0.4, -0.2) is 52.9 Å². The number of thiazole rings is 1. The number of nitrogens with one attached hydrogen (secondary N) is 2. The number of aliphatic hydroxyl groups is 2. The van der Waals surface area contributed by atoms with Crippen LogP contribution in [0, 0.1) is 16.7 Å². The smallest absolute Gasteiger partial charge is 0.257 e. The Kier molecular flexibility index (Phi) is 6.59. The van der Waals surface area contributed by atoms with E-state index in [1.165, 1.54) is 11.3 Å². The van der Waals surface area contributed by atoms with Crippen LogP contribution in [0.1, 0.15) is 72.8 Å². The molecule has 0 bridgehead atoms. The van der Waals surface area contributed by atoms with Gasteiger partial charge in [-0.2, -0.15) is 0 Å². The van der Waals surface area contributed by atoms with Gasteiger partial charge in [0, 0.05) is 34.2 Å². The van der Waals surface area contributed by atoms with Crippen LogP contribution in [0.4, 0.5) is 5.13 Å². The van der Waals surface area contributed by atoms with Crippen LogP contribution in [0.3, 0.4) is 0 Å². The number of nitrogens with zero attached hydrogens (tertiary/aromatic N) is 1. The summed E-state index contributed by atoms with van der Waals surface area (Å²) in [6.07, 6.45) is 3.72. The van der Waals surface area contributed by atoms with E-state index < -0.39 is 11.5 Å². The molecule has 194 valence electrons. The number of methoxy groups -OCH3 is 1. The standard InChI is InChI=1S/C27H35N3O5S/c1-26-11-10-21(32)27(2,14-31)20(26)13-19-23(18(26)12-22(33)28-16-6-7-16)29-25(36-19)30-24(34)15-4-8-17(35-3)9-5-15/h4-5,8-9,16,18,20-21,31-32H,6-7,10-14H2,1-3H3,(H,28,33)(H,29,30,34)/t18-,20+,21-,26+,27+/m1/s1. The first-order chi connectivity index (χ1) is 17.2. The summed E-state index contributed by atoms with van der Waals surface area (Å²) in [7, 11) is 1.58. The molecular formula is C27H35N3O5S. The molecule has 1 aromatic carbocycles. The molecule has 9 heteroatoms. The molecule has 0 radical (unpaired) electrons. The Hall–Kier alpha value is -2.49. The van der Waals surface area contributed by atoms with E-state index in [1.54, 1.807) is 31.4 Å². The summed E-state index contributed by atoms with van der Waals surface area (Å²) in [6.45, 7) is 4.02. The summed E-state index contributed by atoms with van der Waals surface area (Å²) in [4.78, 5) is 31.8. The first-order valence-electron chi connectivity index (χ1n) is 12.7. The Bertz CT molecular complexity index is 1150. The molecule has 8 nitrogen and oxygen atoms in total. The van der Waals surface area contributed by atoms with E-state index >= 15 is 0 Å². The van der Waals surface area contributed by atoms with Crippen molar-refractivity contribution in [2.24, 2.45) is 16.7 Å². The minimum absolute atomic E-state index is 0.0176. The number of anilines is 1. The van der Waals surface area contributed by atoms with Crippen molar-refractivity contribution < 1.29 is 24.5 Å². The van der Waals surface area contributed by atoms with Crippen molar-refractivity contribution in [2.45, 2.75) is 70.4 Å². The minimum atomic E-state index is -0.674. The second kappa shape index (κ2) is 9.43. The summed E-state index contributed by atoms with van der Waals surface area (Å²) >= 11 is 1.43. The molecule has 2 fully saturated rings. The van der Waals surface area contributed by atoms with Crippen molar-refractivity contribution in [1.82, 2.24) is 10.3 Å². The average molecular weight is 514 g/mol. The Labute approximate surface area is 215 Å². The highest BCUT2D eigenvalue weighted by Crippen LogP contribution is 2.62. The predicted octanol–water partition coefficient (Wildman–Crippen LogP) is 3.49. The lowest BCUT2D eigenvalue weighted by Gasteiger charge is -2.58. The monoisotopic (exact) mass is 513 g/mol. The van der Waals surface area contributed by atoms with Gasteiger partial charge in [0.15, 0.2) is 5.13 Å². The van der Waals surface area contributed by atoms with Crippen molar-refractivity contribution in [3.63, 3.8) is 0 Å². The number of fused-ring (bicyclic) bond motifs is 2. The lowest BCUT2D eigenvalue weighted by atomic mass is 9.47. The Morgan fingerprint density at radius 1 is 1.19 bits per heavy atom. The van der Waals surface area contributed by atoms with Gasteiger partial charge in [-0.1, -0.05) is 13.8 Å². The van der Waals surface area contributed by atoms with E-state index in [9.17, 15) is 19.8 Å². The lowest BCUT2D eigenvalue weighted by molar-refractivity contribution is -0.144. The molecule has 0 unspecified atom stereocenters. The zero-order chi connectivity index (χ0) is 25.7. The lowest BCUT2D eigenvalue weighted by Crippen LogP contribution is -2.57. The number of amides is 2. The van der Waals surface area contributed by atoms with Gasteiger partial charge in [0.1, 0.15) is 5.75 Å². The fourth-order valence-electron chi connectivity index (χ4n) is 6.31. The van der Waals surface area contributed by atoms with Crippen LogP contribution in [0.25, 0.3) is 0 Å². The quantitative estimate of drug-likeness (QED) is 0.450. The van der Waals surface area contributed by atoms with E-state index in [1.807, 2.05) is 6.92 Å². The number of aliphatic hydroxyl groups excluding tert-OH is 2. The Morgan fingerprint density at radius 3 is 2.56 bits per heavy atom. The molecule has 5 atom stereocenters. The highest BCUT2D eigenvalue weighted by molar-refractivity contribution is 7.15. The topological polar surface area (TPSA) is 121 Å². The van der Waals surface area contributed by atoms with Crippen molar-refractivity contribution in [2.75, 3.05) is 19.0 Å². The number of ether oxygens (including phenoxy) is 1. The van der Waals surface area contributed by atoms with Gasteiger partial charge < -0.3 is 20.3 Å². The number of hydrogen-bond acceptors (Lipinski definition) is 7. The third-order valence-corrected chi connectivity index (χ3v) is 9.81. The fraction of sp³-hybridized carbons (Fsp3) is 0.593. The average Bonchev–Trinajstić information content (AvgIpc) is 3.59. The summed E-state index contributed by atoms with van der Waals surface area (Å²) < 4.78 is 5.17. The zero-order valence-electron chi connectivity index (χ0n) is 21.0. The zero-order valence-corrected chi connectivity index (χ0v) is 21.9. The van der Waals surface area contributed by atoms with E-state index in [2.05, 4.69) is 17.6 Å². The molecule has 3 aliphatic rings. The van der Waals surface area contributed by atoms with E-state index in [0.717, 1.165) is 29.8 Å². The maximum atomic E-state index is 13.0. The molecule has 4 N–H and O–H groups in total. The third-order valence-electron chi connectivity index (χ3n) is 8.80. The first kappa shape index (κ1) is 25.2. The molecular weight excluding hydrogens is 478 g/mol. The predicted molar refractivity (Wildman–Crippen MR) is 137 cm³/mol. The molecule has 1 heterocycles. The van der Waals surface area contributed by atoms with E-state index in [-0.39, 0.29) is 41.7 Å². The van der Waals surface area contributed by atoms with Crippen LogP contribution in [0.15, 0.2) is 24.3 Å². The van der Waals surface area contributed by atoms with Gasteiger partial charge in [0.2, 0.25) is 5.91 Å². The first-order valence-corrected chi connectivity index (χ1v) is 13.5. The van der Waals surface area contributed by atoms with E-state index in [0.29, 0.717) is 35.7 Å². The number of benzene rings is 1. The Balaban J connectivity index is 1.47. The maximum absolute atomic E-state index is 13.0. The van der Waals surface area contributed by atoms with Gasteiger partial charge in [-0.05, 0) is 67.7 Å². The van der Waals surface area contributed by atoms with Crippen LogP contribution in [0.5, 0.6) is 5.75 Å². The van der Waals surface area contributed by atoms with Crippen LogP contribution in [0.2, 0.25) is 0 Å². The fourth-order valence-corrected chi connectivity index (χ4v) is 7.37. The molecule has 2 amide bonds. The highest BCUT2D eigenvalue weighted by atomic mass is 32.1. The molecule has 0 aliphatic heterocycles. The SMILES string of the molecule is COc1ccc(C(=O)Nc2nc3c(s2)C[C@@H]2[C@](C)(CO)[C@H](O)CC[C@@]2(C)[C@@H]3CC(=O)NC2CC2)cc1. The van der Waals surface area contributed by atoms with Crippen LogP contribution in [-0.2, 0) is 11.2 Å². The maximum Gasteiger partial charge on any atom is 0.257 e. The summed E-state index contributed by atoms with van der Waals surface area (Å²) in [5.41, 5.74) is 0.384. The minimum Gasteiger partial charge on any atom is -0.497 e. The van der Waals surface area contributed by atoms with E-state index in [4.69, 9.17) is 9.72 Å². The largest absolute Gasteiger partial charge is 0.497 e. The van der Waals surface area contributed by atoms with Gasteiger partial charge in [0.25, 0.3) is 5.91 Å². The second-order valence-electron chi connectivity index (χ2n) is 11.1. The molecule has 2 aromatic rings. The highest BCUT2D eigenvalue weighted by Gasteiger charge is 2.59. The second-order valence-corrected chi connectivity index (χ2v) is 12.2. The Morgan fingerprint density at radius 2 is 1.92 bits per heavy atom. The molecule has 36 heavy (non-hydrogen) atoms. The summed E-state index contributed by atoms with van der Waals surface area (Å²) in [6, 6.07) is 7.16. The number of rotatable bonds is 7. The normalized spacial score (nSPS) is 31.2. The molecule has 5 rings (SSSR count). The van der Waals surface area contributed by atoms with Gasteiger partial charge in [0.05, 0.1) is 25.5 Å². The number of hydrogen-bond donors (Lipinski definition) is 4. The van der Waals surface area contributed by atoms with Crippen molar-refractivity contribution in [3.05, 3.63) is 40.4 Å². The number of carbonyl (C=O) groups is 2. The van der Waals surface area contributed by atoms with Crippen LogP contribution >= 0.6 is 11.3 Å². The van der Waals surface area contributed by atoms with Crippen molar-refractivity contribution >= 4 is 28.3 Å². The van der Waals surface area contributed by atoms with Crippen molar-refractivity contribution in [1.29, 1.82) is 0 Å². The number of carbonyl (C=O) groups excluding carboxylic acids is 2. The molecule has 0 saturated heterocycles. The third kappa shape index (κ3) is 4.41. The molecule has 2 saturated carbocycles. The van der Waals surface area contributed by atoms with Crippen LogP contribution < -0.4 is 15.4 Å². The number of aromatic nitrogens is 1. The van der Waals surface area contributed by atoms with Gasteiger partial charge in [-0.15, -0.1) is 11.3 Å². The summed E-state index contributed by atoms with van der Waals surface area (Å²) in [5, 5.41) is 27.8. The molecule has 1 aromatic heterocycles.